The molecule has 98 valence electrons. The third kappa shape index (κ3) is 5.84. The first kappa shape index (κ1) is 14.2. The Balaban J connectivity index is 2.31. The van der Waals surface area contributed by atoms with Crippen molar-refractivity contribution >= 4 is 0 Å². The van der Waals surface area contributed by atoms with Crippen LogP contribution in [0.4, 0.5) is 0 Å². The number of aryl methyl sites for hydroxylation is 2. The van der Waals surface area contributed by atoms with Gasteiger partial charge in [-0.1, -0.05) is 6.92 Å². The van der Waals surface area contributed by atoms with Gasteiger partial charge in [0.2, 0.25) is 0 Å². The summed E-state index contributed by atoms with van der Waals surface area (Å²) in [5, 5.41) is 7.76. The Hall–Kier alpha value is -0.870. The highest BCUT2D eigenvalue weighted by atomic mass is 16.5. The average Bonchev–Trinajstić information content (AvgIpc) is 2.74. The Morgan fingerprint density at radius 2 is 2.29 bits per heavy atom. The lowest BCUT2D eigenvalue weighted by atomic mass is 10.1. The number of hydrogen-bond acceptors (Lipinski definition) is 3. The summed E-state index contributed by atoms with van der Waals surface area (Å²) in [6.45, 7) is 4.11. The molecule has 1 rings (SSSR count). The Morgan fingerprint density at radius 1 is 1.47 bits per heavy atom. The fourth-order valence-corrected chi connectivity index (χ4v) is 1.90. The molecule has 4 nitrogen and oxygen atoms in total. The van der Waals surface area contributed by atoms with Crippen LogP contribution in [-0.4, -0.2) is 36.1 Å². The summed E-state index contributed by atoms with van der Waals surface area (Å²) in [6.07, 6.45) is 8.53. The van der Waals surface area contributed by atoms with E-state index in [9.17, 15) is 0 Å². The largest absolute Gasteiger partial charge is 0.385 e. The number of aromatic nitrogens is 2. The summed E-state index contributed by atoms with van der Waals surface area (Å²) in [7, 11) is 3.72. The fraction of sp³-hybridized carbons (Fsp3) is 0.769. The van der Waals surface area contributed by atoms with Crippen LogP contribution in [0.15, 0.2) is 12.4 Å². The first-order chi connectivity index (χ1) is 8.26. The minimum atomic E-state index is 0.551. The highest BCUT2D eigenvalue weighted by Crippen LogP contribution is 2.07. The van der Waals surface area contributed by atoms with Crippen LogP contribution in [0, 0.1) is 0 Å². The smallest absolute Gasteiger partial charge is 0.0521 e. The van der Waals surface area contributed by atoms with E-state index >= 15 is 0 Å². The monoisotopic (exact) mass is 239 g/mol. The molecule has 0 radical (unpaired) electrons. The van der Waals surface area contributed by atoms with Crippen molar-refractivity contribution in [2.24, 2.45) is 7.05 Å². The van der Waals surface area contributed by atoms with Crippen molar-refractivity contribution in [3.63, 3.8) is 0 Å². The zero-order valence-electron chi connectivity index (χ0n) is 11.3. The van der Waals surface area contributed by atoms with Gasteiger partial charge in [-0.2, -0.15) is 5.10 Å². The summed E-state index contributed by atoms with van der Waals surface area (Å²) in [4.78, 5) is 0. The molecule has 0 aliphatic rings. The van der Waals surface area contributed by atoms with E-state index in [1.165, 1.54) is 12.0 Å². The van der Waals surface area contributed by atoms with E-state index in [-0.39, 0.29) is 0 Å². The molecule has 1 atom stereocenters. The molecule has 0 amide bonds. The SMILES string of the molecule is CCCNC(CCOC)CCc1cnn(C)c1. The van der Waals surface area contributed by atoms with Gasteiger partial charge in [0.05, 0.1) is 6.20 Å². The van der Waals surface area contributed by atoms with Gasteiger partial charge in [-0.3, -0.25) is 4.68 Å². The zero-order valence-corrected chi connectivity index (χ0v) is 11.3. The van der Waals surface area contributed by atoms with Crippen LogP contribution in [-0.2, 0) is 18.2 Å². The third-order valence-electron chi connectivity index (χ3n) is 2.89. The van der Waals surface area contributed by atoms with Crippen LogP contribution >= 0.6 is 0 Å². The van der Waals surface area contributed by atoms with Crippen LogP contribution < -0.4 is 5.32 Å². The van der Waals surface area contributed by atoms with Gasteiger partial charge in [-0.15, -0.1) is 0 Å². The predicted molar refractivity (Wildman–Crippen MR) is 70.1 cm³/mol. The number of nitrogens with one attached hydrogen (secondary N) is 1. The van der Waals surface area contributed by atoms with Gasteiger partial charge in [-0.25, -0.2) is 0 Å². The van der Waals surface area contributed by atoms with Gasteiger partial charge in [0.15, 0.2) is 0 Å². The van der Waals surface area contributed by atoms with Crippen molar-refractivity contribution in [3.8, 4) is 0 Å². The molecule has 1 heterocycles. The van der Waals surface area contributed by atoms with Gasteiger partial charge >= 0.3 is 0 Å². The minimum Gasteiger partial charge on any atom is -0.385 e. The van der Waals surface area contributed by atoms with Crippen molar-refractivity contribution in [2.45, 2.75) is 38.6 Å². The first-order valence-corrected chi connectivity index (χ1v) is 6.46. The number of ether oxygens (including phenoxy) is 1. The van der Waals surface area contributed by atoms with Crippen LogP contribution in [0.5, 0.6) is 0 Å². The Bertz CT molecular complexity index is 291. The standard InChI is InChI=1S/C13H25N3O/c1-4-8-14-13(7-9-17-3)6-5-12-10-15-16(2)11-12/h10-11,13-14H,4-9H2,1-3H3. The summed E-state index contributed by atoms with van der Waals surface area (Å²) < 4.78 is 7.01. The minimum absolute atomic E-state index is 0.551. The molecule has 0 spiro atoms. The number of rotatable bonds is 9. The maximum Gasteiger partial charge on any atom is 0.0521 e. The summed E-state index contributed by atoms with van der Waals surface area (Å²) >= 11 is 0. The van der Waals surface area contributed by atoms with Gasteiger partial charge in [0, 0.05) is 33.0 Å². The van der Waals surface area contributed by atoms with E-state index in [2.05, 4.69) is 23.5 Å². The molecule has 0 bridgehead atoms. The lowest BCUT2D eigenvalue weighted by Gasteiger charge is -2.17. The predicted octanol–water partition coefficient (Wildman–Crippen LogP) is 1.76. The first-order valence-electron chi connectivity index (χ1n) is 6.46. The molecule has 0 fully saturated rings. The van der Waals surface area contributed by atoms with Gasteiger partial charge in [0.1, 0.15) is 0 Å². The maximum absolute atomic E-state index is 5.15. The second-order valence-corrected chi connectivity index (χ2v) is 4.49. The van der Waals surface area contributed by atoms with Crippen LogP contribution in [0.1, 0.15) is 31.7 Å². The van der Waals surface area contributed by atoms with Gasteiger partial charge in [-0.05, 0) is 37.8 Å². The van der Waals surface area contributed by atoms with E-state index in [4.69, 9.17) is 4.74 Å². The van der Waals surface area contributed by atoms with E-state index in [1.54, 1.807) is 7.11 Å². The molecular formula is C13H25N3O. The van der Waals surface area contributed by atoms with Crippen LogP contribution in [0.2, 0.25) is 0 Å². The Morgan fingerprint density at radius 3 is 2.88 bits per heavy atom. The lowest BCUT2D eigenvalue weighted by Crippen LogP contribution is -2.31. The molecule has 4 heteroatoms. The Kier molecular flexibility index (Phi) is 6.89. The lowest BCUT2D eigenvalue weighted by molar-refractivity contribution is 0.181. The second kappa shape index (κ2) is 8.25. The van der Waals surface area contributed by atoms with E-state index in [0.717, 1.165) is 32.4 Å². The van der Waals surface area contributed by atoms with Crippen molar-refractivity contribution in [1.29, 1.82) is 0 Å². The molecular weight excluding hydrogens is 214 g/mol. The molecule has 0 aliphatic carbocycles. The summed E-state index contributed by atoms with van der Waals surface area (Å²) in [5.41, 5.74) is 1.31. The summed E-state index contributed by atoms with van der Waals surface area (Å²) in [6, 6.07) is 0.551. The molecule has 1 aromatic heterocycles. The van der Waals surface area contributed by atoms with Gasteiger partial charge in [0.25, 0.3) is 0 Å². The van der Waals surface area contributed by atoms with Crippen molar-refractivity contribution in [3.05, 3.63) is 18.0 Å². The van der Waals surface area contributed by atoms with E-state index < -0.39 is 0 Å². The molecule has 0 aliphatic heterocycles. The molecule has 0 saturated heterocycles. The number of hydrogen-bond donors (Lipinski definition) is 1. The van der Waals surface area contributed by atoms with E-state index in [1.807, 2.05) is 17.9 Å². The average molecular weight is 239 g/mol. The molecule has 1 N–H and O–H groups in total. The maximum atomic E-state index is 5.15. The van der Waals surface area contributed by atoms with Gasteiger partial charge < -0.3 is 10.1 Å². The molecule has 1 aromatic rings. The Labute approximate surface area is 104 Å². The molecule has 0 aromatic carbocycles. The number of methoxy groups -OCH3 is 1. The third-order valence-corrected chi connectivity index (χ3v) is 2.89. The quantitative estimate of drug-likeness (QED) is 0.713. The zero-order chi connectivity index (χ0) is 12.5. The topological polar surface area (TPSA) is 39.1 Å². The molecule has 17 heavy (non-hydrogen) atoms. The fourth-order valence-electron chi connectivity index (χ4n) is 1.90. The highest BCUT2D eigenvalue weighted by molar-refractivity contribution is 5.03. The second-order valence-electron chi connectivity index (χ2n) is 4.49. The van der Waals surface area contributed by atoms with Crippen molar-refractivity contribution in [1.82, 2.24) is 15.1 Å². The summed E-state index contributed by atoms with van der Waals surface area (Å²) in [5.74, 6) is 0. The van der Waals surface area contributed by atoms with Crippen LogP contribution in [0.3, 0.4) is 0 Å². The van der Waals surface area contributed by atoms with Crippen LogP contribution in [0.25, 0.3) is 0 Å². The highest BCUT2D eigenvalue weighted by Gasteiger charge is 2.08. The normalized spacial score (nSPS) is 12.9. The number of nitrogens with zero attached hydrogens (tertiary/aromatic N) is 2. The van der Waals surface area contributed by atoms with Crippen molar-refractivity contribution < 1.29 is 4.74 Å². The van der Waals surface area contributed by atoms with E-state index in [0.29, 0.717) is 6.04 Å². The van der Waals surface area contributed by atoms with Crippen molar-refractivity contribution in [2.75, 3.05) is 20.3 Å². The molecule has 0 saturated carbocycles. The molecule has 1 unspecified atom stereocenters.